The van der Waals surface area contributed by atoms with Gasteiger partial charge in [0.25, 0.3) is 0 Å². The third-order valence-corrected chi connectivity index (χ3v) is 3.33. The number of carboxylic acid groups (broad SMARTS) is 1. The van der Waals surface area contributed by atoms with Crippen LogP contribution in [0.3, 0.4) is 0 Å². The monoisotopic (exact) mass is 312 g/mol. The SMILES string of the molecule is C=CCn1c(NC(=O)C(F)(F)F)c(C(=O)O)sc1=S. The maximum atomic E-state index is 12.2. The van der Waals surface area contributed by atoms with Crippen molar-refractivity contribution >= 4 is 41.2 Å². The first-order chi connectivity index (χ1) is 8.68. The van der Waals surface area contributed by atoms with Crippen LogP contribution in [0.1, 0.15) is 9.67 Å². The molecule has 1 heterocycles. The number of hydrogen-bond acceptors (Lipinski definition) is 4. The van der Waals surface area contributed by atoms with Crippen LogP contribution in [0.5, 0.6) is 0 Å². The fourth-order valence-electron chi connectivity index (χ4n) is 1.15. The van der Waals surface area contributed by atoms with E-state index in [1.165, 1.54) is 11.4 Å². The van der Waals surface area contributed by atoms with Gasteiger partial charge in [0.2, 0.25) is 0 Å². The predicted molar refractivity (Wildman–Crippen MR) is 65.0 cm³/mol. The molecule has 104 valence electrons. The summed E-state index contributed by atoms with van der Waals surface area (Å²) in [6, 6.07) is 0. The molecule has 0 saturated heterocycles. The summed E-state index contributed by atoms with van der Waals surface area (Å²) in [6.45, 7) is 3.36. The molecule has 0 aromatic carbocycles. The number of thiazole rings is 1. The third kappa shape index (κ3) is 3.41. The molecule has 0 saturated carbocycles. The summed E-state index contributed by atoms with van der Waals surface area (Å²) >= 11 is 5.42. The van der Waals surface area contributed by atoms with Gasteiger partial charge < -0.3 is 15.0 Å². The molecule has 1 aromatic rings. The van der Waals surface area contributed by atoms with Gasteiger partial charge >= 0.3 is 18.1 Å². The molecule has 10 heteroatoms. The summed E-state index contributed by atoms with van der Waals surface area (Å²) in [5.74, 6) is -4.23. The maximum absolute atomic E-state index is 12.2. The second-order valence-electron chi connectivity index (χ2n) is 3.20. The van der Waals surface area contributed by atoms with Crippen LogP contribution in [0.2, 0.25) is 0 Å². The zero-order valence-electron chi connectivity index (χ0n) is 9.15. The maximum Gasteiger partial charge on any atom is 0.471 e. The van der Waals surface area contributed by atoms with E-state index in [1.807, 2.05) is 0 Å². The molecule has 5 nitrogen and oxygen atoms in total. The molecule has 0 spiro atoms. The number of anilines is 1. The average molecular weight is 312 g/mol. The van der Waals surface area contributed by atoms with Gasteiger partial charge in [-0.15, -0.1) is 6.58 Å². The van der Waals surface area contributed by atoms with Crippen LogP contribution < -0.4 is 5.32 Å². The highest BCUT2D eigenvalue weighted by Crippen LogP contribution is 2.27. The lowest BCUT2D eigenvalue weighted by Gasteiger charge is -2.10. The molecular formula is C9H7F3N2O3S2. The average Bonchev–Trinajstić information content (AvgIpc) is 2.57. The molecule has 0 atom stereocenters. The summed E-state index contributed by atoms with van der Waals surface area (Å²) < 4.78 is 37.6. The van der Waals surface area contributed by atoms with Gasteiger partial charge in [-0.3, -0.25) is 4.79 Å². The van der Waals surface area contributed by atoms with E-state index in [0.29, 0.717) is 11.3 Å². The van der Waals surface area contributed by atoms with Crippen molar-refractivity contribution in [2.45, 2.75) is 12.7 Å². The fraction of sp³-hybridized carbons (Fsp3) is 0.222. The third-order valence-electron chi connectivity index (χ3n) is 1.89. The molecule has 2 N–H and O–H groups in total. The smallest absolute Gasteiger partial charge is 0.471 e. The van der Waals surface area contributed by atoms with Crippen molar-refractivity contribution in [3.63, 3.8) is 0 Å². The standard InChI is InChI=1S/C9H7F3N2O3S2/c1-2-3-14-5(13-7(17)9(10,11)12)4(6(15)16)19-8(14)18/h2H,1,3H2,(H,13,17)(H,15,16). The predicted octanol–water partition coefficient (Wildman–Crippen LogP) is 2.66. The van der Waals surface area contributed by atoms with Gasteiger partial charge in [-0.1, -0.05) is 17.4 Å². The first-order valence-electron chi connectivity index (χ1n) is 4.64. The minimum absolute atomic E-state index is 0.0178. The lowest BCUT2D eigenvalue weighted by atomic mass is 10.4. The number of amides is 1. The van der Waals surface area contributed by atoms with Gasteiger partial charge in [-0.25, -0.2) is 4.79 Å². The number of rotatable bonds is 4. The van der Waals surface area contributed by atoms with Crippen molar-refractivity contribution in [1.82, 2.24) is 4.57 Å². The van der Waals surface area contributed by atoms with E-state index in [2.05, 4.69) is 6.58 Å². The zero-order valence-corrected chi connectivity index (χ0v) is 10.8. The molecule has 0 aliphatic heterocycles. The van der Waals surface area contributed by atoms with E-state index in [1.54, 1.807) is 0 Å². The molecule has 1 aromatic heterocycles. The van der Waals surface area contributed by atoms with Gasteiger partial charge in [0.1, 0.15) is 5.82 Å². The molecule has 19 heavy (non-hydrogen) atoms. The molecule has 0 unspecified atom stereocenters. The van der Waals surface area contributed by atoms with E-state index < -0.39 is 28.7 Å². The number of alkyl halides is 3. The molecule has 1 rings (SSSR count). The fourth-order valence-corrected chi connectivity index (χ4v) is 2.36. The Morgan fingerprint density at radius 3 is 2.53 bits per heavy atom. The van der Waals surface area contributed by atoms with E-state index in [0.717, 1.165) is 4.57 Å². The quantitative estimate of drug-likeness (QED) is 0.662. The summed E-state index contributed by atoms with van der Waals surface area (Å²) in [5, 5.41) is 10.4. The Kier molecular flexibility index (Phi) is 4.48. The number of hydrogen-bond donors (Lipinski definition) is 2. The number of carboxylic acids is 1. The molecule has 0 radical (unpaired) electrons. The Morgan fingerprint density at radius 1 is 1.53 bits per heavy atom. The Balaban J connectivity index is 3.30. The highest BCUT2D eigenvalue weighted by Gasteiger charge is 2.40. The van der Waals surface area contributed by atoms with Crippen molar-refractivity contribution in [2.75, 3.05) is 5.32 Å². The Morgan fingerprint density at radius 2 is 2.11 bits per heavy atom. The largest absolute Gasteiger partial charge is 0.477 e. The minimum atomic E-state index is -5.12. The van der Waals surface area contributed by atoms with Crippen LogP contribution in [-0.2, 0) is 11.3 Å². The van der Waals surface area contributed by atoms with E-state index >= 15 is 0 Å². The van der Waals surface area contributed by atoms with Crippen molar-refractivity contribution in [2.24, 2.45) is 0 Å². The number of halogens is 3. The van der Waals surface area contributed by atoms with Crippen LogP contribution >= 0.6 is 23.6 Å². The number of carbonyl (C=O) groups excluding carboxylic acids is 1. The highest BCUT2D eigenvalue weighted by molar-refractivity contribution is 7.73. The van der Waals surface area contributed by atoms with Gasteiger partial charge in [0.05, 0.1) is 0 Å². The lowest BCUT2D eigenvalue weighted by molar-refractivity contribution is -0.167. The Bertz CT molecular complexity index is 589. The summed E-state index contributed by atoms with van der Waals surface area (Å²) in [6.07, 6.45) is -3.80. The lowest BCUT2D eigenvalue weighted by Crippen LogP contribution is -2.31. The van der Waals surface area contributed by atoms with Crippen LogP contribution in [-0.4, -0.2) is 27.7 Å². The minimum Gasteiger partial charge on any atom is -0.477 e. The topological polar surface area (TPSA) is 71.3 Å². The Hall–Kier alpha value is -1.68. The van der Waals surface area contributed by atoms with Crippen molar-refractivity contribution in [1.29, 1.82) is 0 Å². The van der Waals surface area contributed by atoms with E-state index in [4.69, 9.17) is 17.3 Å². The zero-order chi connectivity index (χ0) is 14.8. The summed E-state index contributed by atoms with van der Waals surface area (Å²) in [7, 11) is 0. The molecule has 0 aliphatic carbocycles. The van der Waals surface area contributed by atoms with Gasteiger partial charge in [-0.05, 0) is 12.2 Å². The number of aromatic nitrogens is 1. The molecule has 0 bridgehead atoms. The molecule has 1 amide bonds. The Labute approximate surface area is 114 Å². The molecule has 0 fully saturated rings. The molecular weight excluding hydrogens is 305 g/mol. The van der Waals surface area contributed by atoms with Crippen molar-refractivity contribution in [3.8, 4) is 0 Å². The summed E-state index contributed by atoms with van der Waals surface area (Å²) in [4.78, 5) is 21.3. The molecule has 0 aliphatic rings. The first-order valence-corrected chi connectivity index (χ1v) is 5.87. The van der Waals surface area contributed by atoms with Crippen molar-refractivity contribution in [3.05, 3.63) is 21.5 Å². The van der Waals surface area contributed by atoms with Crippen LogP contribution in [0.4, 0.5) is 19.0 Å². The van der Waals surface area contributed by atoms with Gasteiger partial charge in [0, 0.05) is 6.54 Å². The number of nitrogens with one attached hydrogen (secondary N) is 1. The van der Waals surface area contributed by atoms with E-state index in [9.17, 15) is 22.8 Å². The van der Waals surface area contributed by atoms with Crippen molar-refractivity contribution < 1.29 is 27.9 Å². The van der Waals surface area contributed by atoms with Gasteiger partial charge in [0.15, 0.2) is 8.83 Å². The second kappa shape index (κ2) is 5.53. The normalized spacial score (nSPS) is 11.1. The number of allylic oxidation sites excluding steroid dienone is 1. The highest BCUT2D eigenvalue weighted by atomic mass is 32.1. The number of carbonyl (C=O) groups is 2. The number of aromatic carboxylic acids is 1. The van der Waals surface area contributed by atoms with E-state index in [-0.39, 0.29) is 10.5 Å². The first kappa shape index (κ1) is 15.4. The number of nitrogens with zero attached hydrogens (tertiary/aromatic N) is 1. The van der Waals surface area contributed by atoms with Crippen LogP contribution in [0.25, 0.3) is 0 Å². The van der Waals surface area contributed by atoms with Crippen LogP contribution in [0, 0.1) is 3.95 Å². The summed E-state index contributed by atoms with van der Waals surface area (Å²) in [5.41, 5.74) is 0. The van der Waals surface area contributed by atoms with Gasteiger partial charge in [-0.2, -0.15) is 13.2 Å². The van der Waals surface area contributed by atoms with Crippen LogP contribution in [0.15, 0.2) is 12.7 Å². The second-order valence-corrected chi connectivity index (χ2v) is 4.85.